The summed E-state index contributed by atoms with van der Waals surface area (Å²) in [6.45, 7) is 5.19. The van der Waals surface area contributed by atoms with E-state index in [1.165, 1.54) is 12.3 Å². The number of aromatic carboxylic acids is 1. The third-order valence-electron chi connectivity index (χ3n) is 3.74. The fraction of sp³-hybridized carbons (Fsp3) is 0.571. The van der Waals surface area contributed by atoms with Crippen LogP contribution in [0.25, 0.3) is 0 Å². The van der Waals surface area contributed by atoms with Gasteiger partial charge in [-0.2, -0.15) is 0 Å². The van der Waals surface area contributed by atoms with Crippen LogP contribution in [0.5, 0.6) is 0 Å². The molecule has 0 saturated carbocycles. The first-order valence-electron chi connectivity index (χ1n) is 6.46. The lowest BCUT2D eigenvalue weighted by Crippen LogP contribution is -2.30. The number of likely N-dealkylation sites (tertiary alicyclic amines) is 1. The smallest absolute Gasteiger partial charge is 0.339 e. The zero-order valence-corrected chi connectivity index (χ0v) is 11.3. The van der Waals surface area contributed by atoms with Crippen molar-refractivity contribution in [3.63, 3.8) is 0 Å². The molecule has 1 amide bonds. The number of hydrogen-bond acceptors (Lipinski definition) is 3. The van der Waals surface area contributed by atoms with Crippen LogP contribution in [-0.2, 0) is 11.3 Å². The molecule has 1 N–H and O–H groups in total. The number of carboxylic acids is 1. The number of furan rings is 1. The predicted octanol–water partition coefficient (Wildman–Crippen LogP) is 2.52. The molecule has 0 atom stereocenters. The van der Waals surface area contributed by atoms with Crippen LogP contribution in [0.2, 0.25) is 0 Å². The molecule has 0 aliphatic carbocycles. The number of hydrogen-bond donors (Lipinski definition) is 1. The van der Waals surface area contributed by atoms with Crippen LogP contribution >= 0.6 is 0 Å². The summed E-state index contributed by atoms with van der Waals surface area (Å²) in [5.41, 5.74) is 0.291. The van der Waals surface area contributed by atoms with E-state index in [4.69, 9.17) is 9.52 Å². The van der Waals surface area contributed by atoms with Crippen LogP contribution in [0.15, 0.2) is 16.7 Å². The topological polar surface area (TPSA) is 70.8 Å². The van der Waals surface area contributed by atoms with E-state index in [9.17, 15) is 9.59 Å². The molecule has 5 heteroatoms. The first-order chi connectivity index (χ1) is 8.89. The highest BCUT2D eigenvalue weighted by molar-refractivity contribution is 5.88. The second-order valence-electron chi connectivity index (χ2n) is 5.79. The number of nitrogens with zero attached hydrogens (tertiary/aromatic N) is 1. The monoisotopic (exact) mass is 265 g/mol. The summed E-state index contributed by atoms with van der Waals surface area (Å²) in [5, 5.41) is 9.03. The van der Waals surface area contributed by atoms with Crippen molar-refractivity contribution in [3.8, 4) is 0 Å². The van der Waals surface area contributed by atoms with Gasteiger partial charge in [-0.3, -0.25) is 4.79 Å². The van der Waals surface area contributed by atoms with Gasteiger partial charge < -0.3 is 14.4 Å². The highest BCUT2D eigenvalue weighted by Crippen LogP contribution is 2.31. The minimum Gasteiger partial charge on any atom is -0.478 e. The Morgan fingerprint density at radius 3 is 2.89 bits per heavy atom. The average molecular weight is 265 g/mol. The van der Waals surface area contributed by atoms with Crippen molar-refractivity contribution >= 4 is 11.9 Å². The third kappa shape index (κ3) is 3.16. The summed E-state index contributed by atoms with van der Waals surface area (Å²) in [7, 11) is 0. The first-order valence-corrected chi connectivity index (χ1v) is 6.46. The number of carboxylic acid groups (broad SMARTS) is 1. The molecule has 1 fully saturated rings. The van der Waals surface area contributed by atoms with Crippen molar-refractivity contribution in [2.24, 2.45) is 5.41 Å². The van der Waals surface area contributed by atoms with E-state index in [1.54, 1.807) is 4.90 Å². The summed E-state index contributed by atoms with van der Waals surface area (Å²) in [5.74, 6) is -0.606. The first kappa shape index (κ1) is 13.6. The Labute approximate surface area is 112 Å². The molecule has 0 unspecified atom stereocenters. The molecule has 1 aromatic rings. The van der Waals surface area contributed by atoms with Crippen LogP contribution in [0.1, 0.15) is 49.2 Å². The molecule has 0 radical (unpaired) electrons. The molecule has 1 saturated heterocycles. The van der Waals surface area contributed by atoms with Gasteiger partial charge in [0.2, 0.25) is 5.91 Å². The van der Waals surface area contributed by atoms with Gasteiger partial charge in [0.1, 0.15) is 11.3 Å². The van der Waals surface area contributed by atoms with Crippen LogP contribution in [0.3, 0.4) is 0 Å². The fourth-order valence-electron chi connectivity index (χ4n) is 2.28. The van der Waals surface area contributed by atoms with Crippen molar-refractivity contribution in [1.29, 1.82) is 0 Å². The lowest BCUT2D eigenvalue weighted by Gasteiger charge is -2.23. The van der Waals surface area contributed by atoms with E-state index in [0.717, 1.165) is 12.8 Å². The van der Waals surface area contributed by atoms with Crippen molar-refractivity contribution < 1.29 is 19.1 Å². The molecule has 0 spiro atoms. The molecule has 2 rings (SSSR count). The van der Waals surface area contributed by atoms with Crippen molar-refractivity contribution in [2.45, 2.75) is 39.7 Å². The van der Waals surface area contributed by atoms with Gasteiger partial charge in [-0.05, 0) is 24.3 Å². The molecule has 19 heavy (non-hydrogen) atoms. The summed E-state index contributed by atoms with van der Waals surface area (Å²) >= 11 is 0. The second-order valence-corrected chi connectivity index (χ2v) is 5.79. The van der Waals surface area contributed by atoms with Crippen LogP contribution in [-0.4, -0.2) is 28.4 Å². The number of carbonyl (C=O) groups is 2. The largest absolute Gasteiger partial charge is 0.478 e. The molecule has 104 valence electrons. The van der Waals surface area contributed by atoms with Crippen molar-refractivity contribution in [1.82, 2.24) is 4.90 Å². The molecule has 1 aliphatic heterocycles. The summed E-state index contributed by atoms with van der Waals surface area (Å²) in [6.07, 6.45) is 3.65. The lowest BCUT2D eigenvalue weighted by molar-refractivity contribution is -0.131. The van der Waals surface area contributed by atoms with Gasteiger partial charge in [0, 0.05) is 13.0 Å². The zero-order chi connectivity index (χ0) is 14.0. The van der Waals surface area contributed by atoms with Gasteiger partial charge >= 0.3 is 5.97 Å². The van der Waals surface area contributed by atoms with E-state index in [1.807, 2.05) is 0 Å². The van der Waals surface area contributed by atoms with Crippen LogP contribution in [0.4, 0.5) is 0 Å². The molecule has 0 bridgehead atoms. The Kier molecular flexibility index (Phi) is 3.64. The molecule has 2 heterocycles. The van der Waals surface area contributed by atoms with E-state index >= 15 is 0 Å². The van der Waals surface area contributed by atoms with Crippen molar-refractivity contribution in [2.75, 3.05) is 6.54 Å². The Balaban J connectivity index is 2.11. The van der Waals surface area contributed by atoms with Crippen molar-refractivity contribution in [3.05, 3.63) is 23.7 Å². The SMILES string of the molecule is CC1(C)CCC(=O)N(Cc2occc2C(=O)O)CC1. The maximum absolute atomic E-state index is 12.0. The maximum atomic E-state index is 12.0. The standard InChI is InChI=1S/C14H19NO4/c1-14(2)5-3-12(16)15(7-6-14)9-11-10(13(17)18)4-8-19-11/h4,8H,3,5-7,9H2,1-2H3,(H,17,18). The minimum atomic E-state index is -1.02. The molecule has 1 aliphatic rings. The van der Waals surface area contributed by atoms with E-state index < -0.39 is 5.97 Å². The molecule has 5 nitrogen and oxygen atoms in total. The van der Waals surface area contributed by atoms with E-state index in [-0.39, 0.29) is 23.4 Å². The van der Waals surface area contributed by atoms with Gasteiger partial charge in [-0.25, -0.2) is 4.79 Å². The Morgan fingerprint density at radius 1 is 1.47 bits per heavy atom. The maximum Gasteiger partial charge on any atom is 0.339 e. The number of carbonyl (C=O) groups excluding carboxylic acids is 1. The molecular weight excluding hydrogens is 246 g/mol. The number of amides is 1. The highest BCUT2D eigenvalue weighted by atomic mass is 16.4. The Morgan fingerprint density at radius 2 is 2.21 bits per heavy atom. The molecular formula is C14H19NO4. The lowest BCUT2D eigenvalue weighted by atomic mass is 9.85. The summed E-state index contributed by atoms with van der Waals surface area (Å²) in [6, 6.07) is 1.42. The fourth-order valence-corrected chi connectivity index (χ4v) is 2.28. The average Bonchev–Trinajstić information content (AvgIpc) is 2.75. The zero-order valence-electron chi connectivity index (χ0n) is 11.3. The molecule has 1 aromatic heterocycles. The van der Waals surface area contributed by atoms with E-state index in [2.05, 4.69) is 13.8 Å². The van der Waals surface area contributed by atoms with Gasteiger partial charge in [-0.15, -0.1) is 0 Å². The second kappa shape index (κ2) is 5.07. The Hall–Kier alpha value is -1.78. The normalized spacial score (nSPS) is 19.3. The van der Waals surface area contributed by atoms with Crippen LogP contribution < -0.4 is 0 Å². The van der Waals surface area contributed by atoms with Gasteiger partial charge in [0.15, 0.2) is 0 Å². The minimum absolute atomic E-state index is 0.0679. The summed E-state index contributed by atoms with van der Waals surface area (Å²) in [4.78, 5) is 24.8. The summed E-state index contributed by atoms with van der Waals surface area (Å²) < 4.78 is 5.20. The van der Waals surface area contributed by atoms with Gasteiger partial charge in [-0.1, -0.05) is 13.8 Å². The molecule has 0 aromatic carbocycles. The Bertz CT molecular complexity index is 489. The third-order valence-corrected chi connectivity index (χ3v) is 3.74. The quantitative estimate of drug-likeness (QED) is 0.911. The highest BCUT2D eigenvalue weighted by Gasteiger charge is 2.28. The van der Waals surface area contributed by atoms with Gasteiger partial charge in [0.05, 0.1) is 12.8 Å². The predicted molar refractivity (Wildman–Crippen MR) is 68.7 cm³/mol. The number of rotatable bonds is 3. The van der Waals surface area contributed by atoms with E-state index in [0.29, 0.717) is 18.7 Å². The van der Waals surface area contributed by atoms with Gasteiger partial charge in [0.25, 0.3) is 0 Å². The van der Waals surface area contributed by atoms with Crippen LogP contribution in [0, 0.1) is 5.41 Å².